The maximum Gasteiger partial charge on any atom is 0.361 e. The molecule has 0 aliphatic carbocycles. The van der Waals surface area contributed by atoms with E-state index in [1.165, 1.54) is 0 Å². The lowest BCUT2D eigenvalue weighted by Crippen LogP contribution is -2.34. The van der Waals surface area contributed by atoms with Gasteiger partial charge in [-0.3, -0.25) is 4.79 Å². The van der Waals surface area contributed by atoms with Gasteiger partial charge in [0.1, 0.15) is 5.52 Å². The van der Waals surface area contributed by atoms with Gasteiger partial charge in [-0.05, 0) is 40.8 Å². The van der Waals surface area contributed by atoms with Gasteiger partial charge in [-0.2, -0.15) is 0 Å². The van der Waals surface area contributed by atoms with Crippen LogP contribution >= 0.6 is 0 Å². The molecule has 0 spiro atoms. The maximum absolute atomic E-state index is 12.2. The zero-order chi connectivity index (χ0) is 16.2. The third-order valence-electron chi connectivity index (χ3n) is 3.22. The van der Waals surface area contributed by atoms with Gasteiger partial charge in [-0.1, -0.05) is 42.5 Å². The van der Waals surface area contributed by atoms with Crippen molar-refractivity contribution in [2.45, 2.75) is 6.92 Å². The number of nitrogens with zero attached hydrogens (tertiary/aromatic N) is 3. The summed E-state index contributed by atoms with van der Waals surface area (Å²) in [5, 5.41) is 7.81. The van der Waals surface area contributed by atoms with Crippen molar-refractivity contribution in [3.63, 3.8) is 0 Å². The highest BCUT2D eigenvalue weighted by Gasteiger charge is 2.12. The van der Waals surface area contributed by atoms with E-state index in [2.05, 4.69) is 10.3 Å². The quantitative estimate of drug-likeness (QED) is 0.545. The zero-order valence-corrected chi connectivity index (χ0v) is 12.3. The average molecular weight is 307 g/mol. The van der Waals surface area contributed by atoms with Gasteiger partial charge in [-0.25, -0.2) is 4.79 Å². The van der Waals surface area contributed by atoms with Crippen molar-refractivity contribution >= 4 is 22.9 Å². The summed E-state index contributed by atoms with van der Waals surface area (Å²) in [6.07, 6.45) is 1.67. The molecule has 23 heavy (non-hydrogen) atoms. The Balaban J connectivity index is 1.87. The van der Waals surface area contributed by atoms with Crippen LogP contribution in [0.5, 0.6) is 0 Å². The smallest absolute Gasteiger partial charge is 0.309 e. The molecule has 0 fully saturated rings. The average Bonchev–Trinajstić information content (AvgIpc) is 2.58. The summed E-state index contributed by atoms with van der Waals surface area (Å²) in [4.78, 5) is 29.9. The monoisotopic (exact) mass is 307 g/mol. The lowest BCUT2D eigenvalue weighted by molar-refractivity contribution is -0.141. The van der Waals surface area contributed by atoms with Crippen LogP contribution in [0, 0.1) is 0 Å². The van der Waals surface area contributed by atoms with Crippen molar-refractivity contribution < 1.29 is 9.63 Å². The van der Waals surface area contributed by atoms with Gasteiger partial charge in [0.05, 0.1) is 5.39 Å². The van der Waals surface area contributed by atoms with E-state index in [-0.39, 0.29) is 0 Å². The predicted octanol–water partition coefficient (Wildman–Crippen LogP) is 1.85. The highest BCUT2D eigenvalue weighted by molar-refractivity contribution is 5.93. The number of benzene rings is 2. The summed E-state index contributed by atoms with van der Waals surface area (Å²) < 4.78 is 0. The number of carbonyl (C=O) groups excluding carboxylic acids is 1. The van der Waals surface area contributed by atoms with E-state index < -0.39 is 11.5 Å². The van der Waals surface area contributed by atoms with Crippen LogP contribution in [0.3, 0.4) is 0 Å². The normalized spacial score (nSPS) is 11.4. The van der Waals surface area contributed by atoms with Crippen molar-refractivity contribution in [1.29, 1.82) is 0 Å². The number of hydrogen-bond acceptors (Lipinski definition) is 5. The van der Waals surface area contributed by atoms with Gasteiger partial charge < -0.3 is 4.84 Å². The Bertz CT molecular complexity index is 946. The van der Waals surface area contributed by atoms with Crippen LogP contribution in [0.25, 0.3) is 17.0 Å². The second-order valence-electron chi connectivity index (χ2n) is 4.90. The fourth-order valence-electron chi connectivity index (χ4n) is 2.04. The lowest BCUT2D eigenvalue weighted by atomic mass is 10.1. The number of rotatable bonds is 3. The highest BCUT2D eigenvalue weighted by atomic mass is 16.7. The minimum absolute atomic E-state index is 0.333. The van der Waals surface area contributed by atoms with Crippen LogP contribution < -0.4 is 10.4 Å². The molecular weight excluding hydrogens is 294 g/mol. The Morgan fingerprint density at radius 3 is 2.57 bits per heavy atom. The van der Waals surface area contributed by atoms with E-state index in [4.69, 9.17) is 4.84 Å². The largest absolute Gasteiger partial charge is 0.361 e. The first kappa shape index (κ1) is 14.6. The van der Waals surface area contributed by atoms with E-state index in [0.29, 0.717) is 21.3 Å². The van der Waals surface area contributed by atoms with Crippen LogP contribution in [0.15, 0.2) is 65.0 Å². The predicted molar refractivity (Wildman–Crippen MR) is 85.5 cm³/mol. The molecule has 1 heterocycles. The SMILES string of the molecule is C/C(=C\c1ccccc1)C(=O)On1nnc2ccccc2c1=O. The van der Waals surface area contributed by atoms with Gasteiger partial charge in [0, 0.05) is 5.57 Å². The molecule has 0 bridgehead atoms. The van der Waals surface area contributed by atoms with Crippen LogP contribution in [0.2, 0.25) is 0 Å². The molecule has 0 aliphatic rings. The van der Waals surface area contributed by atoms with E-state index in [1.807, 2.05) is 30.3 Å². The van der Waals surface area contributed by atoms with Crippen molar-refractivity contribution in [3.8, 4) is 0 Å². The molecule has 1 aromatic heterocycles. The molecule has 2 aromatic carbocycles. The molecule has 0 unspecified atom stereocenters. The Kier molecular flexibility index (Phi) is 3.97. The molecular formula is C17H13N3O3. The van der Waals surface area contributed by atoms with Gasteiger partial charge >= 0.3 is 11.5 Å². The third-order valence-corrected chi connectivity index (χ3v) is 3.22. The maximum atomic E-state index is 12.2. The lowest BCUT2D eigenvalue weighted by Gasteiger charge is -2.05. The summed E-state index contributed by atoms with van der Waals surface area (Å²) in [6, 6.07) is 16.1. The van der Waals surface area contributed by atoms with Crippen molar-refractivity contribution in [1.82, 2.24) is 15.2 Å². The minimum Gasteiger partial charge on any atom is -0.309 e. The topological polar surface area (TPSA) is 74.1 Å². The molecule has 0 saturated carbocycles. The van der Waals surface area contributed by atoms with Crippen LogP contribution in [0.4, 0.5) is 0 Å². The Morgan fingerprint density at radius 1 is 1.09 bits per heavy atom. The summed E-state index contributed by atoms with van der Waals surface area (Å²) in [7, 11) is 0. The third kappa shape index (κ3) is 3.16. The number of hydrogen-bond donors (Lipinski definition) is 0. The van der Waals surface area contributed by atoms with Crippen LogP contribution in [-0.2, 0) is 4.79 Å². The molecule has 0 atom stereocenters. The molecule has 0 radical (unpaired) electrons. The standard InChI is InChI=1S/C17H13N3O3/c1-12(11-13-7-3-2-4-8-13)17(22)23-20-16(21)14-9-5-6-10-15(14)18-19-20/h2-11H,1H3/b12-11+. The number of carbonyl (C=O) groups is 1. The van der Waals surface area contributed by atoms with E-state index >= 15 is 0 Å². The van der Waals surface area contributed by atoms with Gasteiger partial charge in [0.15, 0.2) is 0 Å². The first-order valence-electron chi connectivity index (χ1n) is 6.96. The molecule has 6 nitrogen and oxygen atoms in total. The van der Waals surface area contributed by atoms with Crippen molar-refractivity contribution in [2.75, 3.05) is 0 Å². The molecule has 0 N–H and O–H groups in total. The first-order valence-corrected chi connectivity index (χ1v) is 6.96. The minimum atomic E-state index is -0.666. The second kappa shape index (κ2) is 6.23. The molecule has 3 rings (SSSR count). The summed E-state index contributed by atoms with van der Waals surface area (Å²) in [6.45, 7) is 1.61. The first-order chi connectivity index (χ1) is 11.1. The Hall–Kier alpha value is -3.28. The van der Waals surface area contributed by atoms with E-state index in [1.54, 1.807) is 37.3 Å². The highest BCUT2D eigenvalue weighted by Crippen LogP contribution is 2.07. The summed E-state index contributed by atoms with van der Waals surface area (Å²) >= 11 is 0. The fourth-order valence-corrected chi connectivity index (χ4v) is 2.04. The number of aromatic nitrogens is 3. The number of fused-ring (bicyclic) bond motifs is 1. The van der Waals surface area contributed by atoms with Gasteiger partial charge in [0.2, 0.25) is 0 Å². The van der Waals surface area contributed by atoms with E-state index in [9.17, 15) is 9.59 Å². The summed E-state index contributed by atoms with van der Waals surface area (Å²) in [5.74, 6) is -0.666. The molecule has 3 aromatic rings. The van der Waals surface area contributed by atoms with Gasteiger partial charge in [-0.15, -0.1) is 5.10 Å². The van der Waals surface area contributed by atoms with Gasteiger partial charge in [0.25, 0.3) is 0 Å². The molecule has 0 amide bonds. The van der Waals surface area contributed by atoms with Crippen molar-refractivity contribution in [3.05, 3.63) is 76.1 Å². The fraction of sp³-hybridized carbons (Fsp3) is 0.0588. The molecule has 6 heteroatoms. The molecule has 0 saturated heterocycles. The molecule has 114 valence electrons. The summed E-state index contributed by atoms with van der Waals surface area (Å²) in [5.41, 5.74) is 1.12. The van der Waals surface area contributed by atoms with Crippen LogP contribution in [0.1, 0.15) is 12.5 Å². The van der Waals surface area contributed by atoms with Crippen molar-refractivity contribution in [2.24, 2.45) is 0 Å². The van der Waals surface area contributed by atoms with Crippen LogP contribution in [-0.4, -0.2) is 21.1 Å². The second-order valence-corrected chi connectivity index (χ2v) is 4.90. The Morgan fingerprint density at radius 2 is 1.78 bits per heavy atom. The van der Waals surface area contributed by atoms with E-state index in [0.717, 1.165) is 5.56 Å². The zero-order valence-electron chi connectivity index (χ0n) is 12.3. The molecule has 0 aliphatic heterocycles. The Labute approximate surface area is 131 Å².